The van der Waals surface area contributed by atoms with E-state index in [1.807, 2.05) is 0 Å². The highest BCUT2D eigenvalue weighted by Crippen LogP contribution is 2.21. The molecule has 1 atom stereocenters. The second-order valence-corrected chi connectivity index (χ2v) is 7.49. The highest BCUT2D eigenvalue weighted by atomic mass is 19.1. The highest BCUT2D eigenvalue weighted by molar-refractivity contribution is 6.10. The summed E-state index contributed by atoms with van der Waals surface area (Å²) in [6, 6.07) is 14.7. The van der Waals surface area contributed by atoms with E-state index in [0.29, 0.717) is 16.8 Å². The van der Waals surface area contributed by atoms with Gasteiger partial charge in [0.25, 0.3) is 0 Å². The Morgan fingerprint density at radius 3 is 2.56 bits per heavy atom. The lowest BCUT2D eigenvalue weighted by atomic mass is 10.1. The van der Waals surface area contributed by atoms with Crippen LogP contribution in [0.15, 0.2) is 88.7 Å². The number of rotatable bonds is 9. The number of aliphatic carboxylic acids is 1. The third-order valence-electron chi connectivity index (χ3n) is 5.03. The third kappa shape index (κ3) is 5.76. The summed E-state index contributed by atoms with van der Waals surface area (Å²) >= 11 is 0. The Kier molecular flexibility index (Phi) is 7.39. The van der Waals surface area contributed by atoms with Gasteiger partial charge in [0.15, 0.2) is 23.5 Å². The number of halogens is 2. The van der Waals surface area contributed by atoms with Gasteiger partial charge in [-0.1, -0.05) is 53.7 Å². The zero-order valence-electron chi connectivity index (χ0n) is 18.7. The maximum atomic E-state index is 14.5. The summed E-state index contributed by atoms with van der Waals surface area (Å²) in [7, 11) is 0. The molecule has 0 amide bonds. The molecule has 4 N–H and O–H groups in total. The molecule has 0 aliphatic carbocycles. The molecule has 2 aromatic heterocycles. The number of carbonyl (C=O) groups is 1. The van der Waals surface area contributed by atoms with Gasteiger partial charge in [0.1, 0.15) is 17.8 Å². The van der Waals surface area contributed by atoms with Crippen LogP contribution >= 0.6 is 0 Å². The summed E-state index contributed by atoms with van der Waals surface area (Å²) in [5.41, 5.74) is 7.50. The summed E-state index contributed by atoms with van der Waals surface area (Å²) in [4.78, 5) is 24.2. The molecule has 9 nitrogen and oxygen atoms in total. The summed E-state index contributed by atoms with van der Waals surface area (Å²) in [6.07, 6.45) is 3.60. The monoisotopic (exact) mass is 490 g/mol. The first kappa shape index (κ1) is 24.2. The van der Waals surface area contributed by atoms with Crippen molar-refractivity contribution in [2.24, 2.45) is 10.7 Å². The van der Waals surface area contributed by atoms with Crippen LogP contribution in [0.2, 0.25) is 0 Å². The second-order valence-electron chi connectivity index (χ2n) is 7.49. The average molecular weight is 490 g/mol. The minimum absolute atomic E-state index is 0.00685. The van der Waals surface area contributed by atoms with Crippen LogP contribution in [0.5, 0.6) is 0 Å². The fourth-order valence-corrected chi connectivity index (χ4v) is 3.23. The number of carboxylic acids is 1. The first-order valence-corrected chi connectivity index (χ1v) is 10.7. The molecule has 0 saturated carbocycles. The van der Waals surface area contributed by atoms with E-state index in [-0.39, 0.29) is 29.6 Å². The number of nitrogens with zero attached hydrogens (tertiary/aromatic N) is 4. The number of benzene rings is 2. The molecular formula is C25H20F2N6O3. The van der Waals surface area contributed by atoms with Crippen molar-refractivity contribution in [3.63, 3.8) is 0 Å². The Bertz CT molecular complexity index is 1410. The Labute approximate surface area is 204 Å². The van der Waals surface area contributed by atoms with Gasteiger partial charge in [-0.05, 0) is 17.7 Å². The molecule has 0 bridgehead atoms. The van der Waals surface area contributed by atoms with E-state index in [9.17, 15) is 18.7 Å². The van der Waals surface area contributed by atoms with E-state index in [0.717, 1.165) is 6.20 Å². The molecule has 0 unspecified atom stereocenters. The van der Waals surface area contributed by atoms with Gasteiger partial charge in [0.05, 0.1) is 24.2 Å². The number of hydrogen-bond acceptors (Lipinski definition) is 8. The summed E-state index contributed by atoms with van der Waals surface area (Å²) < 4.78 is 33.4. The SMILES string of the molecule is NC(=CC(=NCc1ccccc1F)c1ccon1)c1ncc(F)c(N[C@@H](C(=O)O)c2ccccc2)n1. The standard InChI is InChI=1S/C25H20F2N6O3/c26-17-9-5-4-8-16(17)13-29-21(20-10-11-36-33-20)12-19(28)24-30-14-18(27)23(32-24)31-22(25(34)35)15-6-2-1-3-7-15/h1-12,14,22H,13,28H2,(H,34,35)(H,30,31,32)/t22-/m1/s1. The van der Waals surface area contributed by atoms with E-state index in [4.69, 9.17) is 10.3 Å². The number of nitrogens with two attached hydrogens (primary N) is 1. The molecule has 0 aliphatic rings. The Balaban J connectivity index is 1.65. The quantitative estimate of drug-likeness (QED) is 0.300. The smallest absolute Gasteiger partial charge is 0.330 e. The van der Waals surface area contributed by atoms with E-state index < -0.39 is 23.6 Å². The van der Waals surface area contributed by atoms with Crippen molar-refractivity contribution in [1.29, 1.82) is 0 Å². The number of aliphatic imine (C=N–C) groups is 1. The predicted octanol–water partition coefficient (Wildman–Crippen LogP) is 3.97. The molecule has 0 fully saturated rings. The zero-order chi connectivity index (χ0) is 25.5. The van der Waals surface area contributed by atoms with Crippen LogP contribution in [0, 0.1) is 11.6 Å². The van der Waals surface area contributed by atoms with Crippen LogP contribution in [-0.4, -0.2) is 31.9 Å². The fourth-order valence-electron chi connectivity index (χ4n) is 3.23. The number of aromatic nitrogens is 3. The Hall–Kier alpha value is -4.93. The molecule has 36 heavy (non-hydrogen) atoms. The largest absolute Gasteiger partial charge is 0.479 e. The predicted molar refractivity (Wildman–Crippen MR) is 128 cm³/mol. The van der Waals surface area contributed by atoms with Crippen LogP contribution in [0.4, 0.5) is 14.6 Å². The first-order chi connectivity index (χ1) is 17.4. The number of hydrogen-bond donors (Lipinski definition) is 3. The van der Waals surface area contributed by atoms with Crippen molar-refractivity contribution in [2.45, 2.75) is 12.6 Å². The van der Waals surface area contributed by atoms with Gasteiger partial charge >= 0.3 is 5.97 Å². The van der Waals surface area contributed by atoms with E-state index in [1.165, 1.54) is 18.4 Å². The Morgan fingerprint density at radius 1 is 1.11 bits per heavy atom. The lowest BCUT2D eigenvalue weighted by Crippen LogP contribution is -2.22. The van der Waals surface area contributed by atoms with Crippen LogP contribution in [0.1, 0.15) is 28.7 Å². The van der Waals surface area contributed by atoms with Crippen molar-refractivity contribution in [2.75, 3.05) is 5.32 Å². The molecule has 0 aliphatic heterocycles. The van der Waals surface area contributed by atoms with Gasteiger partial charge in [0, 0.05) is 11.6 Å². The summed E-state index contributed by atoms with van der Waals surface area (Å²) in [5, 5.41) is 16.1. The lowest BCUT2D eigenvalue weighted by molar-refractivity contribution is -0.138. The van der Waals surface area contributed by atoms with Crippen LogP contribution in [0.25, 0.3) is 5.70 Å². The summed E-state index contributed by atoms with van der Waals surface area (Å²) in [6.45, 7) is -0.00685. The molecule has 0 saturated heterocycles. The molecule has 0 spiro atoms. The molecule has 182 valence electrons. The summed E-state index contributed by atoms with van der Waals surface area (Å²) in [5.74, 6) is -2.93. The molecule has 2 aromatic carbocycles. The number of nitrogens with one attached hydrogen (secondary N) is 1. The first-order valence-electron chi connectivity index (χ1n) is 10.7. The van der Waals surface area contributed by atoms with Gasteiger partial charge in [0.2, 0.25) is 0 Å². The highest BCUT2D eigenvalue weighted by Gasteiger charge is 2.22. The van der Waals surface area contributed by atoms with Crippen LogP contribution in [0.3, 0.4) is 0 Å². The van der Waals surface area contributed by atoms with E-state index >= 15 is 0 Å². The Morgan fingerprint density at radius 2 is 1.86 bits per heavy atom. The maximum absolute atomic E-state index is 14.5. The second kappa shape index (κ2) is 11.0. The zero-order valence-corrected chi connectivity index (χ0v) is 18.7. The lowest BCUT2D eigenvalue weighted by Gasteiger charge is -2.16. The van der Waals surface area contributed by atoms with Gasteiger partial charge in [-0.25, -0.2) is 23.5 Å². The van der Waals surface area contributed by atoms with Crippen molar-refractivity contribution in [1.82, 2.24) is 15.1 Å². The molecule has 0 radical (unpaired) electrons. The number of carboxylic acid groups (broad SMARTS) is 1. The van der Waals surface area contributed by atoms with Gasteiger partial charge in [-0.2, -0.15) is 0 Å². The van der Waals surface area contributed by atoms with Gasteiger partial charge < -0.3 is 20.7 Å². The van der Waals surface area contributed by atoms with Crippen molar-refractivity contribution in [3.8, 4) is 0 Å². The maximum Gasteiger partial charge on any atom is 0.330 e. The van der Waals surface area contributed by atoms with Crippen molar-refractivity contribution < 1.29 is 23.2 Å². The number of anilines is 1. The third-order valence-corrected chi connectivity index (χ3v) is 5.03. The minimum atomic E-state index is -1.26. The molecule has 2 heterocycles. The topological polar surface area (TPSA) is 140 Å². The van der Waals surface area contributed by atoms with Gasteiger partial charge in [-0.15, -0.1) is 0 Å². The average Bonchev–Trinajstić information content (AvgIpc) is 3.42. The van der Waals surface area contributed by atoms with E-state index in [1.54, 1.807) is 54.6 Å². The van der Waals surface area contributed by atoms with Gasteiger partial charge in [-0.3, -0.25) is 4.99 Å². The minimum Gasteiger partial charge on any atom is -0.479 e. The number of allylic oxidation sites excluding steroid dienone is 1. The van der Waals surface area contributed by atoms with Crippen LogP contribution < -0.4 is 11.1 Å². The van der Waals surface area contributed by atoms with E-state index in [2.05, 4.69) is 25.4 Å². The van der Waals surface area contributed by atoms with Crippen molar-refractivity contribution in [3.05, 3.63) is 113 Å². The fraction of sp³-hybridized carbons (Fsp3) is 0.0800. The molecule has 11 heteroatoms. The van der Waals surface area contributed by atoms with Crippen molar-refractivity contribution >= 4 is 23.2 Å². The molecule has 4 rings (SSSR count). The normalized spacial score (nSPS) is 12.8. The molecular weight excluding hydrogens is 470 g/mol. The van der Waals surface area contributed by atoms with Crippen LogP contribution in [-0.2, 0) is 11.3 Å². The molecule has 4 aromatic rings.